The molecule has 0 heterocycles. The first-order chi connectivity index (χ1) is 6.02. The van der Waals surface area contributed by atoms with Crippen molar-refractivity contribution in [3.8, 4) is 0 Å². The maximum absolute atomic E-state index is 11.0. The highest BCUT2D eigenvalue weighted by Gasteiger charge is 2.23. The van der Waals surface area contributed by atoms with Gasteiger partial charge in [0, 0.05) is 13.1 Å². The van der Waals surface area contributed by atoms with E-state index in [-0.39, 0.29) is 6.04 Å². The predicted molar refractivity (Wildman–Crippen MR) is 52.4 cm³/mol. The first-order valence-corrected chi connectivity index (χ1v) is 6.28. The molecule has 0 aromatic rings. The summed E-state index contributed by atoms with van der Waals surface area (Å²) >= 11 is 0. The molecule has 5 heteroatoms. The predicted octanol–water partition coefficient (Wildman–Crippen LogP) is 0.845. The average Bonchev–Trinajstić information content (AvgIpc) is 2.28. The Kier molecular flexibility index (Phi) is 3.70. The zero-order valence-electron chi connectivity index (χ0n) is 8.07. The molecule has 0 aromatic carbocycles. The van der Waals surface area contributed by atoms with Crippen molar-refractivity contribution in [1.82, 2.24) is 4.31 Å². The third-order valence-electron chi connectivity index (χ3n) is 2.74. The fraction of sp³-hybridized carbons (Fsp3) is 1.00. The van der Waals surface area contributed by atoms with Gasteiger partial charge in [-0.25, -0.2) is 5.14 Å². The van der Waals surface area contributed by atoms with Gasteiger partial charge in [0.2, 0.25) is 0 Å². The Morgan fingerprint density at radius 1 is 1.15 bits per heavy atom. The highest BCUT2D eigenvalue weighted by Crippen LogP contribution is 2.21. The summed E-state index contributed by atoms with van der Waals surface area (Å²) in [6.07, 6.45) is 6.57. The quantitative estimate of drug-likeness (QED) is 0.681. The van der Waals surface area contributed by atoms with Crippen molar-refractivity contribution < 1.29 is 8.42 Å². The van der Waals surface area contributed by atoms with Crippen LogP contribution in [0.4, 0.5) is 0 Å². The molecule has 1 rings (SSSR count). The second-order valence-electron chi connectivity index (χ2n) is 3.71. The molecule has 2 N–H and O–H groups in total. The minimum atomic E-state index is -3.49. The smallest absolute Gasteiger partial charge is 0.216 e. The van der Waals surface area contributed by atoms with Crippen LogP contribution < -0.4 is 5.14 Å². The minimum Gasteiger partial charge on any atom is -0.216 e. The molecule has 0 atom stereocenters. The summed E-state index contributed by atoms with van der Waals surface area (Å²) in [5.41, 5.74) is 0. The van der Waals surface area contributed by atoms with Gasteiger partial charge in [0.05, 0.1) is 0 Å². The Morgan fingerprint density at radius 3 is 2.00 bits per heavy atom. The Bertz CT molecular complexity index is 243. The second kappa shape index (κ2) is 4.39. The van der Waals surface area contributed by atoms with Crippen LogP contribution in [-0.4, -0.2) is 25.8 Å². The number of nitrogens with two attached hydrogens (primary N) is 1. The Balaban J connectivity index is 2.59. The van der Waals surface area contributed by atoms with E-state index in [0.29, 0.717) is 0 Å². The van der Waals surface area contributed by atoms with Crippen molar-refractivity contribution >= 4 is 10.2 Å². The lowest BCUT2D eigenvalue weighted by molar-refractivity contribution is 0.336. The highest BCUT2D eigenvalue weighted by atomic mass is 32.2. The van der Waals surface area contributed by atoms with Crippen LogP contribution in [0, 0.1) is 0 Å². The van der Waals surface area contributed by atoms with Gasteiger partial charge in [0.25, 0.3) is 10.2 Å². The van der Waals surface area contributed by atoms with E-state index in [2.05, 4.69) is 0 Å². The number of hydrogen-bond donors (Lipinski definition) is 1. The van der Waals surface area contributed by atoms with Gasteiger partial charge in [-0.3, -0.25) is 0 Å². The van der Waals surface area contributed by atoms with E-state index in [1.165, 1.54) is 17.1 Å². The van der Waals surface area contributed by atoms with Gasteiger partial charge in [0.15, 0.2) is 0 Å². The maximum atomic E-state index is 11.0. The normalized spacial score (nSPS) is 21.8. The first-order valence-electron chi connectivity index (χ1n) is 4.77. The minimum absolute atomic E-state index is 0.123. The summed E-state index contributed by atoms with van der Waals surface area (Å²) in [4.78, 5) is 0. The van der Waals surface area contributed by atoms with E-state index in [1.807, 2.05) is 0 Å². The molecular formula is C8H18N2O2S. The van der Waals surface area contributed by atoms with E-state index in [9.17, 15) is 8.42 Å². The third kappa shape index (κ3) is 3.25. The van der Waals surface area contributed by atoms with E-state index in [1.54, 1.807) is 7.05 Å². The lowest BCUT2D eigenvalue weighted by Crippen LogP contribution is -2.40. The van der Waals surface area contributed by atoms with Crippen molar-refractivity contribution in [2.45, 2.75) is 44.6 Å². The SMILES string of the molecule is CN(C1CCCCCC1)S(N)(=O)=O. The molecule has 0 saturated heterocycles. The van der Waals surface area contributed by atoms with Gasteiger partial charge in [-0.05, 0) is 12.8 Å². The topological polar surface area (TPSA) is 63.4 Å². The third-order valence-corrected chi connectivity index (χ3v) is 3.84. The maximum Gasteiger partial charge on any atom is 0.276 e. The van der Waals surface area contributed by atoms with Gasteiger partial charge in [-0.15, -0.1) is 0 Å². The molecule has 0 unspecified atom stereocenters. The number of rotatable bonds is 2. The summed E-state index contributed by atoms with van der Waals surface area (Å²) in [6, 6.07) is 0.123. The molecule has 0 aliphatic heterocycles. The van der Waals surface area contributed by atoms with E-state index >= 15 is 0 Å². The van der Waals surface area contributed by atoms with Crippen molar-refractivity contribution in [3.05, 3.63) is 0 Å². The highest BCUT2D eigenvalue weighted by molar-refractivity contribution is 7.86. The first kappa shape index (κ1) is 10.9. The monoisotopic (exact) mass is 206 g/mol. The number of nitrogens with zero attached hydrogens (tertiary/aromatic N) is 1. The standard InChI is InChI=1S/C8H18N2O2S/c1-10(13(9,11)12)8-6-4-2-3-5-7-8/h8H,2-7H2,1H3,(H2,9,11,12). The van der Waals surface area contributed by atoms with Crippen molar-refractivity contribution in [3.63, 3.8) is 0 Å². The van der Waals surface area contributed by atoms with Crippen LogP contribution in [-0.2, 0) is 10.2 Å². The van der Waals surface area contributed by atoms with Crippen LogP contribution in [0.2, 0.25) is 0 Å². The van der Waals surface area contributed by atoms with E-state index in [4.69, 9.17) is 5.14 Å². The van der Waals surface area contributed by atoms with Gasteiger partial charge in [-0.2, -0.15) is 12.7 Å². The second-order valence-corrected chi connectivity index (χ2v) is 5.31. The van der Waals surface area contributed by atoms with E-state index in [0.717, 1.165) is 25.7 Å². The van der Waals surface area contributed by atoms with Crippen LogP contribution in [0.1, 0.15) is 38.5 Å². The average molecular weight is 206 g/mol. The zero-order valence-corrected chi connectivity index (χ0v) is 8.89. The molecular weight excluding hydrogens is 188 g/mol. The summed E-state index contributed by atoms with van der Waals surface area (Å²) in [7, 11) is -1.91. The molecule has 4 nitrogen and oxygen atoms in total. The molecule has 1 saturated carbocycles. The fourth-order valence-electron chi connectivity index (χ4n) is 1.83. The van der Waals surface area contributed by atoms with Crippen molar-refractivity contribution in [1.29, 1.82) is 0 Å². The van der Waals surface area contributed by atoms with E-state index < -0.39 is 10.2 Å². The van der Waals surface area contributed by atoms with Crippen LogP contribution >= 0.6 is 0 Å². The molecule has 0 aromatic heterocycles. The molecule has 1 aliphatic rings. The molecule has 1 fully saturated rings. The molecule has 0 amide bonds. The Labute approximate surface area is 80.3 Å². The van der Waals surface area contributed by atoms with Crippen LogP contribution in [0.5, 0.6) is 0 Å². The summed E-state index contributed by atoms with van der Waals surface area (Å²) < 4.78 is 23.4. The molecule has 13 heavy (non-hydrogen) atoms. The summed E-state index contributed by atoms with van der Waals surface area (Å²) in [6.45, 7) is 0. The molecule has 0 spiro atoms. The van der Waals surface area contributed by atoms with Crippen LogP contribution in [0.25, 0.3) is 0 Å². The van der Waals surface area contributed by atoms with Crippen LogP contribution in [0.15, 0.2) is 0 Å². The van der Waals surface area contributed by atoms with Gasteiger partial charge < -0.3 is 0 Å². The van der Waals surface area contributed by atoms with Gasteiger partial charge in [0.1, 0.15) is 0 Å². The van der Waals surface area contributed by atoms with Crippen molar-refractivity contribution in [2.75, 3.05) is 7.05 Å². The Morgan fingerprint density at radius 2 is 1.62 bits per heavy atom. The molecule has 1 aliphatic carbocycles. The summed E-state index contributed by atoms with van der Waals surface area (Å²) in [5, 5.41) is 5.06. The molecule has 78 valence electrons. The lowest BCUT2D eigenvalue weighted by atomic mass is 10.1. The Hall–Kier alpha value is -0.130. The van der Waals surface area contributed by atoms with Crippen LogP contribution in [0.3, 0.4) is 0 Å². The largest absolute Gasteiger partial charge is 0.276 e. The number of hydrogen-bond acceptors (Lipinski definition) is 2. The van der Waals surface area contributed by atoms with Gasteiger partial charge >= 0.3 is 0 Å². The van der Waals surface area contributed by atoms with Gasteiger partial charge in [-0.1, -0.05) is 25.7 Å². The molecule has 0 bridgehead atoms. The zero-order chi connectivity index (χ0) is 9.90. The summed E-state index contributed by atoms with van der Waals surface area (Å²) in [5.74, 6) is 0. The fourth-order valence-corrected chi connectivity index (χ4v) is 2.46. The lowest BCUT2D eigenvalue weighted by Gasteiger charge is -2.23. The van der Waals surface area contributed by atoms with Crippen molar-refractivity contribution in [2.24, 2.45) is 5.14 Å². The molecule has 0 radical (unpaired) electrons.